The molecule has 21 heavy (non-hydrogen) atoms. The smallest absolute Gasteiger partial charge is 0.118 e. The van der Waals surface area contributed by atoms with Gasteiger partial charge in [0.1, 0.15) is 5.75 Å². The Balaban J connectivity index is 1.90. The summed E-state index contributed by atoms with van der Waals surface area (Å²) in [5, 5.41) is 5.66. The maximum absolute atomic E-state index is 5.22. The van der Waals surface area contributed by atoms with Gasteiger partial charge in [-0.05, 0) is 67.4 Å². The molecule has 1 unspecified atom stereocenters. The highest BCUT2D eigenvalue weighted by Gasteiger charge is 2.10. The summed E-state index contributed by atoms with van der Waals surface area (Å²) in [6.07, 6.45) is 3.55. The zero-order valence-electron chi connectivity index (χ0n) is 13.0. The zero-order chi connectivity index (χ0) is 14.9. The van der Waals surface area contributed by atoms with Crippen molar-refractivity contribution in [1.82, 2.24) is 5.32 Å². The zero-order valence-corrected chi connectivity index (χ0v) is 13.8. The Labute approximate surface area is 132 Å². The minimum absolute atomic E-state index is 0.681. The van der Waals surface area contributed by atoms with Gasteiger partial charge in [-0.3, -0.25) is 0 Å². The molecule has 1 N–H and O–H groups in total. The van der Waals surface area contributed by atoms with Crippen molar-refractivity contribution in [1.29, 1.82) is 0 Å². The Bertz CT molecular complexity index is 492. The van der Waals surface area contributed by atoms with Gasteiger partial charge in [0.05, 0.1) is 7.11 Å². The Kier molecular flexibility index (Phi) is 6.77. The first kappa shape index (κ1) is 16.1. The van der Waals surface area contributed by atoms with Gasteiger partial charge in [0.15, 0.2) is 0 Å². The quantitative estimate of drug-likeness (QED) is 0.751. The maximum Gasteiger partial charge on any atom is 0.118 e. The van der Waals surface area contributed by atoms with Crippen LogP contribution in [0.2, 0.25) is 0 Å². The van der Waals surface area contributed by atoms with Gasteiger partial charge in [0, 0.05) is 4.88 Å². The fraction of sp³-hybridized carbons (Fsp3) is 0.444. The van der Waals surface area contributed by atoms with Crippen molar-refractivity contribution in [3.8, 4) is 5.75 Å². The summed E-state index contributed by atoms with van der Waals surface area (Å²) in [6.45, 7) is 4.30. The van der Waals surface area contributed by atoms with Gasteiger partial charge in [-0.15, -0.1) is 11.3 Å². The van der Waals surface area contributed by atoms with Crippen LogP contribution in [0.25, 0.3) is 0 Å². The molecule has 0 spiro atoms. The lowest BCUT2D eigenvalue weighted by Crippen LogP contribution is -2.24. The molecule has 0 aliphatic carbocycles. The molecule has 1 heterocycles. The summed E-state index contributed by atoms with van der Waals surface area (Å²) in [5.74, 6) is 1.61. The van der Waals surface area contributed by atoms with Crippen LogP contribution in [0, 0.1) is 5.92 Å². The number of hydrogen-bond acceptors (Lipinski definition) is 3. The summed E-state index contributed by atoms with van der Waals surface area (Å²) in [7, 11) is 1.71. The second kappa shape index (κ2) is 8.85. The molecule has 1 aromatic carbocycles. The Morgan fingerprint density at radius 1 is 1.19 bits per heavy atom. The van der Waals surface area contributed by atoms with Crippen molar-refractivity contribution in [2.45, 2.75) is 26.2 Å². The lowest BCUT2D eigenvalue weighted by Gasteiger charge is -2.17. The van der Waals surface area contributed by atoms with Gasteiger partial charge in [-0.1, -0.05) is 25.1 Å². The van der Waals surface area contributed by atoms with E-state index in [2.05, 4.69) is 54.0 Å². The van der Waals surface area contributed by atoms with Gasteiger partial charge in [0.2, 0.25) is 0 Å². The topological polar surface area (TPSA) is 21.3 Å². The van der Waals surface area contributed by atoms with Crippen molar-refractivity contribution in [3.63, 3.8) is 0 Å². The van der Waals surface area contributed by atoms with Crippen LogP contribution in [0.5, 0.6) is 5.75 Å². The van der Waals surface area contributed by atoms with Crippen LogP contribution in [0.3, 0.4) is 0 Å². The highest BCUT2D eigenvalue weighted by molar-refractivity contribution is 7.09. The normalized spacial score (nSPS) is 12.3. The van der Waals surface area contributed by atoms with Crippen molar-refractivity contribution in [2.24, 2.45) is 5.92 Å². The summed E-state index contributed by atoms with van der Waals surface area (Å²) < 4.78 is 5.22. The van der Waals surface area contributed by atoms with Gasteiger partial charge in [0.25, 0.3) is 0 Å². The number of aryl methyl sites for hydroxylation is 1. The van der Waals surface area contributed by atoms with Gasteiger partial charge < -0.3 is 10.1 Å². The number of ether oxygens (including phenoxy) is 1. The van der Waals surface area contributed by atoms with Gasteiger partial charge >= 0.3 is 0 Å². The maximum atomic E-state index is 5.22. The third-order valence-corrected chi connectivity index (χ3v) is 4.68. The fourth-order valence-corrected chi connectivity index (χ4v) is 3.25. The van der Waals surface area contributed by atoms with E-state index in [0.29, 0.717) is 5.92 Å². The van der Waals surface area contributed by atoms with Crippen LogP contribution in [0.4, 0.5) is 0 Å². The van der Waals surface area contributed by atoms with Crippen LogP contribution < -0.4 is 10.1 Å². The van der Waals surface area contributed by atoms with E-state index in [1.54, 1.807) is 7.11 Å². The molecule has 0 aliphatic heterocycles. The molecule has 2 nitrogen and oxygen atoms in total. The third kappa shape index (κ3) is 5.52. The molecule has 0 amide bonds. The molecule has 1 aromatic heterocycles. The predicted octanol–water partition coefficient (Wildman–Crippen LogP) is 4.16. The molecule has 0 fully saturated rings. The molecule has 0 aliphatic rings. The molecule has 0 saturated heterocycles. The van der Waals surface area contributed by atoms with E-state index in [-0.39, 0.29) is 0 Å². The van der Waals surface area contributed by atoms with Crippen LogP contribution in [0.15, 0.2) is 41.8 Å². The molecular formula is C18H25NOS. The van der Waals surface area contributed by atoms with Crippen molar-refractivity contribution >= 4 is 11.3 Å². The highest BCUT2D eigenvalue weighted by atomic mass is 32.1. The Morgan fingerprint density at radius 2 is 2.00 bits per heavy atom. The monoisotopic (exact) mass is 303 g/mol. The lowest BCUT2D eigenvalue weighted by atomic mass is 9.94. The average Bonchev–Trinajstić information content (AvgIpc) is 3.04. The van der Waals surface area contributed by atoms with E-state index in [1.165, 1.54) is 23.3 Å². The molecule has 2 rings (SSSR count). The van der Waals surface area contributed by atoms with Gasteiger partial charge in [-0.2, -0.15) is 0 Å². The van der Waals surface area contributed by atoms with E-state index >= 15 is 0 Å². The molecule has 0 radical (unpaired) electrons. The Morgan fingerprint density at radius 3 is 2.62 bits per heavy atom. The van der Waals surface area contributed by atoms with Crippen LogP contribution in [-0.4, -0.2) is 20.2 Å². The summed E-state index contributed by atoms with van der Waals surface area (Å²) in [6, 6.07) is 12.9. The lowest BCUT2D eigenvalue weighted by molar-refractivity contribution is 0.414. The predicted molar refractivity (Wildman–Crippen MR) is 91.4 cm³/mol. The first-order chi connectivity index (χ1) is 10.3. The number of benzene rings is 1. The number of rotatable bonds is 9. The van der Waals surface area contributed by atoms with E-state index < -0.39 is 0 Å². The van der Waals surface area contributed by atoms with Gasteiger partial charge in [-0.25, -0.2) is 0 Å². The minimum atomic E-state index is 0.681. The first-order valence-corrected chi connectivity index (χ1v) is 8.55. The van der Waals surface area contributed by atoms with Crippen molar-refractivity contribution < 1.29 is 4.74 Å². The third-order valence-electron chi connectivity index (χ3n) is 3.75. The van der Waals surface area contributed by atoms with Crippen LogP contribution in [-0.2, 0) is 12.8 Å². The standard InChI is InChI=1S/C18H25NOS/c1-3-19-14-16(8-11-18-5-4-12-21-18)13-15-6-9-17(20-2)10-7-15/h4-7,9-10,12,16,19H,3,8,11,13-14H2,1-2H3. The molecule has 1 atom stereocenters. The van der Waals surface area contributed by atoms with Crippen molar-refractivity contribution in [2.75, 3.05) is 20.2 Å². The Hall–Kier alpha value is -1.32. The number of methoxy groups -OCH3 is 1. The molecule has 0 saturated carbocycles. The fourth-order valence-electron chi connectivity index (χ4n) is 2.52. The number of nitrogens with one attached hydrogen (secondary N) is 1. The van der Waals surface area contributed by atoms with E-state index in [1.807, 2.05) is 11.3 Å². The minimum Gasteiger partial charge on any atom is -0.497 e. The summed E-state index contributed by atoms with van der Waals surface area (Å²) >= 11 is 1.86. The molecular weight excluding hydrogens is 278 g/mol. The highest BCUT2D eigenvalue weighted by Crippen LogP contribution is 2.19. The SMILES string of the molecule is CCNCC(CCc1cccs1)Cc1ccc(OC)cc1. The van der Waals surface area contributed by atoms with E-state index in [9.17, 15) is 0 Å². The molecule has 3 heteroatoms. The first-order valence-electron chi connectivity index (χ1n) is 7.67. The van der Waals surface area contributed by atoms with Crippen LogP contribution >= 0.6 is 11.3 Å². The number of hydrogen-bond donors (Lipinski definition) is 1. The largest absolute Gasteiger partial charge is 0.497 e. The second-order valence-corrected chi connectivity index (χ2v) is 6.38. The molecule has 2 aromatic rings. The summed E-state index contributed by atoms with van der Waals surface area (Å²) in [4.78, 5) is 1.49. The molecule has 114 valence electrons. The van der Waals surface area contributed by atoms with E-state index in [4.69, 9.17) is 4.74 Å². The second-order valence-electron chi connectivity index (χ2n) is 5.34. The molecule has 0 bridgehead atoms. The summed E-state index contributed by atoms with van der Waals surface area (Å²) in [5.41, 5.74) is 1.39. The average molecular weight is 303 g/mol. The van der Waals surface area contributed by atoms with E-state index in [0.717, 1.165) is 25.3 Å². The number of thiophene rings is 1. The van der Waals surface area contributed by atoms with Crippen molar-refractivity contribution in [3.05, 3.63) is 52.2 Å². The van der Waals surface area contributed by atoms with Crippen LogP contribution in [0.1, 0.15) is 23.8 Å².